The molecule has 0 saturated heterocycles. The average Bonchev–Trinajstić information content (AvgIpc) is 2.52. The lowest BCUT2D eigenvalue weighted by Crippen LogP contribution is -2.19. The molecule has 0 bridgehead atoms. The maximum absolute atomic E-state index is 12.1. The van der Waals surface area contributed by atoms with Gasteiger partial charge in [-0.1, -0.05) is 0 Å². The summed E-state index contributed by atoms with van der Waals surface area (Å²) in [4.78, 5) is 12.0. The van der Waals surface area contributed by atoms with E-state index in [1.54, 1.807) is 25.4 Å². The monoisotopic (exact) mass is 328 g/mol. The second kappa shape index (κ2) is 7.73. The van der Waals surface area contributed by atoms with Gasteiger partial charge in [-0.05, 0) is 17.7 Å². The molecule has 23 heavy (non-hydrogen) atoms. The molecule has 2 aromatic rings. The van der Waals surface area contributed by atoms with Gasteiger partial charge in [0.2, 0.25) is 5.88 Å². The summed E-state index contributed by atoms with van der Waals surface area (Å²) in [5.41, 5.74) is 0.712. The Balaban J connectivity index is 1.94. The maximum Gasteiger partial charge on any atom is 0.422 e. The van der Waals surface area contributed by atoms with Gasteiger partial charge in [-0.15, -0.1) is 0 Å². The first kappa shape index (κ1) is 16.9. The van der Waals surface area contributed by atoms with Crippen molar-refractivity contribution < 1.29 is 22.6 Å². The van der Waals surface area contributed by atoms with Crippen LogP contribution in [0.15, 0.2) is 30.6 Å². The molecule has 0 saturated carbocycles. The Morgan fingerprint density at radius 2 is 1.96 bits per heavy atom. The van der Waals surface area contributed by atoms with Gasteiger partial charge < -0.3 is 14.8 Å². The zero-order valence-electron chi connectivity index (χ0n) is 12.3. The van der Waals surface area contributed by atoms with E-state index in [0.717, 1.165) is 0 Å². The standard InChI is InChI=1S/C14H15F3N4O2/c1-22-8-12-18-5-3-11(21-12)20-7-10-2-4-19-13(6-10)23-9-14(15,16)17/h2-6H,7-9H2,1H3,(H,18,20,21). The van der Waals surface area contributed by atoms with Crippen LogP contribution in [-0.4, -0.2) is 34.8 Å². The highest BCUT2D eigenvalue weighted by molar-refractivity contribution is 5.35. The van der Waals surface area contributed by atoms with Crippen molar-refractivity contribution in [2.75, 3.05) is 19.0 Å². The van der Waals surface area contributed by atoms with Crippen molar-refractivity contribution in [2.45, 2.75) is 19.3 Å². The summed E-state index contributed by atoms with van der Waals surface area (Å²) in [6.07, 6.45) is -1.41. The van der Waals surface area contributed by atoms with E-state index in [9.17, 15) is 13.2 Å². The fourth-order valence-corrected chi connectivity index (χ4v) is 1.68. The minimum absolute atomic E-state index is 0.0793. The molecule has 1 N–H and O–H groups in total. The molecule has 0 aliphatic heterocycles. The van der Waals surface area contributed by atoms with Gasteiger partial charge in [0.15, 0.2) is 12.4 Å². The molecule has 0 aliphatic rings. The molecule has 0 aliphatic carbocycles. The Bertz CT molecular complexity index is 637. The number of nitrogens with one attached hydrogen (secondary N) is 1. The fourth-order valence-electron chi connectivity index (χ4n) is 1.68. The van der Waals surface area contributed by atoms with Crippen LogP contribution in [0.25, 0.3) is 0 Å². The summed E-state index contributed by atoms with van der Waals surface area (Å²) >= 11 is 0. The SMILES string of the molecule is COCc1nccc(NCc2ccnc(OCC(F)(F)F)c2)n1. The Hall–Kier alpha value is -2.42. The number of pyridine rings is 1. The summed E-state index contributed by atoms with van der Waals surface area (Å²) in [6, 6.07) is 4.79. The van der Waals surface area contributed by atoms with Gasteiger partial charge in [-0.3, -0.25) is 0 Å². The summed E-state index contributed by atoms with van der Waals surface area (Å²) in [7, 11) is 1.54. The zero-order chi connectivity index (χ0) is 16.7. The van der Waals surface area contributed by atoms with Crippen LogP contribution in [-0.2, 0) is 17.9 Å². The number of alkyl halides is 3. The van der Waals surface area contributed by atoms with Gasteiger partial charge in [-0.25, -0.2) is 15.0 Å². The molecule has 0 amide bonds. The number of methoxy groups -OCH3 is 1. The number of anilines is 1. The molecule has 0 atom stereocenters. The van der Waals surface area contributed by atoms with Crippen molar-refractivity contribution in [1.29, 1.82) is 0 Å². The molecular weight excluding hydrogens is 313 g/mol. The molecule has 6 nitrogen and oxygen atoms in total. The molecule has 0 spiro atoms. The molecule has 124 valence electrons. The number of ether oxygens (including phenoxy) is 2. The summed E-state index contributed by atoms with van der Waals surface area (Å²) in [6.45, 7) is -0.724. The fraction of sp³-hybridized carbons (Fsp3) is 0.357. The first-order chi connectivity index (χ1) is 11.0. The molecule has 0 unspecified atom stereocenters. The van der Waals surface area contributed by atoms with E-state index in [1.165, 1.54) is 12.3 Å². The van der Waals surface area contributed by atoms with Crippen molar-refractivity contribution in [3.8, 4) is 5.88 Å². The molecule has 2 rings (SSSR count). The smallest absolute Gasteiger partial charge is 0.422 e. The molecule has 9 heteroatoms. The molecule has 0 radical (unpaired) electrons. The number of halogens is 3. The van der Waals surface area contributed by atoms with Crippen molar-refractivity contribution in [3.63, 3.8) is 0 Å². The summed E-state index contributed by atoms with van der Waals surface area (Å²) in [5, 5.41) is 3.05. The number of rotatable bonds is 7. The van der Waals surface area contributed by atoms with Gasteiger partial charge in [0.05, 0.1) is 0 Å². The lowest BCUT2D eigenvalue weighted by molar-refractivity contribution is -0.154. The zero-order valence-corrected chi connectivity index (χ0v) is 12.3. The van der Waals surface area contributed by atoms with Crippen molar-refractivity contribution >= 4 is 5.82 Å². The first-order valence-corrected chi connectivity index (χ1v) is 6.65. The van der Waals surface area contributed by atoms with Crippen molar-refractivity contribution in [2.24, 2.45) is 0 Å². The number of nitrogens with zero attached hydrogens (tertiary/aromatic N) is 3. The molecular formula is C14H15F3N4O2. The molecule has 0 aromatic carbocycles. The third-order valence-corrected chi connectivity index (χ3v) is 2.64. The lowest BCUT2D eigenvalue weighted by Gasteiger charge is -2.10. The van der Waals surface area contributed by atoms with E-state index >= 15 is 0 Å². The predicted molar refractivity (Wildman–Crippen MR) is 75.9 cm³/mol. The highest BCUT2D eigenvalue weighted by Gasteiger charge is 2.28. The van der Waals surface area contributed by atoms with Crippen LogP contribution in [0.4, 0.5) is 19.0 Å². The van der Waals surface area contributed by atoms with E-state index in [2.05, 4.69) is 25.0 Å². The summed E-state index contributed by atoms with van der Waals surface area (Å²) < 4.78 is 45.9. The van der Waals surface area contributed by atoms with Crippen LogP contribution in [0.1, 0.15) is 11.4 Å². The number of aromatic nitrogens is 3. The molecule has 2 heterocycles. The lowest BCUT2D eigenvalue weighted by atomic mass is 10.2. The van der Waals surface area contributed by atoms with Crippen molar-refractivity contribution in [3.05, 3.63) is 42.0 Å². The second-order valence-corrected chi connectivity index (χ2v) is 4.55. The van der Waals surface area contributed by atoms with Crippen molar-refractivity contribution in [1.82, 2.24) is 15.0 Å². The van der Waals surface area contributed by atoms with Gasteiger partial charge >= 0.3 is 6.18 Å². The normalized spacial score (nSPS) is 11.3. The van der Waals surface area contributed by atoms with Crippen LogP contribution < -0.4 is 10.1 Å². The minimum atomic E-state index is -4.39. The van der Waals surface area contributed by atoms with Crippen LogP contribution in [0.2, 0.25) is 0 Å². The van der Waals surface area contributed by atoms with Gasteiger partial charge in [0.25, 0.3) is 0 Å². The van der Waals surface area contributed by atoms with E-state index in [1.807, 2.05) is 0 Å². The quantitative estimate of drug-likeness (QED) is 0.842. The van der Waals surface area contributed by atoms with Crippen LogP contribution in [0.5, 0.6) is 5.88 Å². The second-order valence-electron chi connectivity index (χ2n) is 4.55. The number of hydrogen-bond donors (Lipinski definition) is 1. The Morgan fingerprint density at radius 1 is 1.17 bits per heavy atom. The minimum Gasteiger partial charge on any atom is -0.468 e. The highest BCUT2D eigenvalue weighted by atomic mass is 19.4. The summed E-state index contributed by atoms with van der Waals surface area (Å²) in [5.74, 6) is 1.03. The van der Waals surface area contributed by atoms with Gasteiger partial charge in [-0.2, -0.15) is 13.2 Å². The first-order valence-electron chi connectivity index (χ1n) is 6.65. The van der Waals surface area contributed by atoms with E-state index in [4.69, 9.17) is 4.74 Å². The molecule has 2 aromatic heterocycles. The molecule has 0 fully saturated rings. The van der Waals surface area contributed by atoms with E-state index < -0.39 is 12.8 Å². The van der Waals surface area contributed by atoms with Crippen LogP contribution >= 0.6 is 0 Å². The third kappa shape index (κ3) is 6.07. The largest absolute Gasteiger partial charge is 0.468 e. The van der Waals surface area contributed by atoms with Gasteiger partial charge in [0.1, 0.15) is 12.4 Å². The van der Waals surface area contributed by atoms with Crippen LogP contribution in [0, 0.1) is 0 Å². The highest BCUT2D eigenvalue weighted by Crippen LogP contribution is 2.18. The maximum atomic E-state index is 12.1. The van der Waals surface area contributed by atoms with E-state index in [0.29, 0.717) is 30.4 Å². The topological polar surface area (TPSA) is 69.2 Å². The van der Waals surface area contributed by atoms with E-state index in [-0.39, 0.29) is 5.88 Å². The third-order valence-electron chi connectivity index (χ3n) is 2.64. The predicted octanol–water partition coefficient (Wildman–Crippen LogP) is 2.57. The Morgan fingerprint density at radius 3 is 2.70 bits per heavy atom. The Kier molecular flexibility index (Phi) is 5.69. The average molecular weight is 328 g/mol. The van der Waals surface area contributed by atoms with Crippen LogP contribution in [0.3, 0.4) is 0 Å². The number of hydrogen-bond acceptors (Lipinski definition) is 6. The Labute approximate surface area is 130 Å². The van der Waals surface area contributed by atoms with Gasteiger partial charge in [0, 0.05) is 32.1 Å².